The van der Waals surface area contributed by atoms with Gasteiger partial charge in [-0.2, -0.15) is 8.78 Å². The smallest absolute Gasteiger partial charge is 0.303 e. The Morgan fingerprint density at radius 2 is 2.06 bits per heavy atom. The van der Waals surface area contributed by atoms with Crippen LogP contribution >= 0.6 is 0 Å². The van der Waals surface area contributed by atoms with Crippen LogP contribution < -0.4 is 15.5 Å². The predicted molar refractivity (Wildman–Crippen MR) is 113 cm³/mol. The Bertz CT molecular complexity index is 1010. The molecule has 0 bridgehead atoms. The van der Waals surface area contributed by atoms with Gasteiger partial charge in [0.2, 0.25) is 11.7 Å². The maximum absolute atomic E-state index is 14.2. The summed E-state index contributed by atoms with van der Waals surface area (Å²) in [5.74, 6) is -2.88. The molecule has 4 rings (SSSR count). The number of anilines is 4. The fourth-order valence-electron chi connectivity index (χ4n) is 3.97. The third-order valence-corrected chi connectivity index (χ3v) is 5.56. The molecular formula is C21H26F2N6O2. The maximum Gasteiger partial charge on any atom is 0.303 e. The highest BCUT2D eigenvalue weighted by atomic mass is 19.3. The molecule has 1 amide bonds. The number of pyridine rings is 1. The van der Waals surface area contributed by atoms with E-state index in [0.717, 1.165) is 31.0 Å². The number of ether oxygens (including phenoxy) is 1. The van der Waals surface area contributed by atoms with Crippen molar-refractivity contribution in [1.29, 1.82) is 0 Å². The van der Waals surface area contributed by atoms with Crippen molar-refractivity contribution in [2.45, 2.75) is 51.0 Å². The average molecular weight is 432 g/mol. The number of alkyl halides is 2. The number of methoxy groups -OCH3 is 1. The number of hydrogen-bond donors (Lipinski definition) is 2. The van der Waals surface area contributed by atoms with E-state index in [2.05, 4.69) is 25.6 Å². The Balaban J connectivity index is 1.76. The average Bonchev–Trinajstić information content (AvgIpc) is 3.38. The third kappa shape index (κ3) is 4.30. The summed E-state index contributed by atoms with van der Waals surface area (Å²) in [4.78, 5) is 26.0. The Labute approximate surface area is 179 Å². The van der Waals surface area contributed by atoms with Crippen LogP contribution in [0.1, 0.15) is 45.0 Å². The molecule has 0 aromatic carbocycles. The van der Waals surface area contributed by atoms with Crippen LogP contribution in [-0.4, -0.2) is 47.2 Å². The van der Waals surface area contributed by atoms with Gasteiger partial charge in [-0.3, -0.25) is 4.79 Å². The van der Waals surface area contributed by atoms with Crippen molar-refractivity contribution in [3.05, 3.63) is 29.7 Å². The standard InChI is InChI=1S/C21H26F2N6O2/c1-12(10-31-4)25-17-8-18(28-19(27-17)20(3,22)23)29-11-21(5-6-21)14-9-24-16(7-15(14)29)26-13(2)30/h7-9,12H,5-6,10-11H2,1-4H3,(H,24,26,30)(H,25,27,28). The van der Waals surface area contributed by atoms with Crippen molar-refractivity contribution < 1.29 is 18.3 Å². The van der Waals surface area contributed by atoms with Gasteiger partial charge in [-0.15, -0.1) is 0 Å². The van der Waals surface area contributed by atoms with Gasteiger partial charge >= 0.3 is 5.92 Å². The Hall–Kier alpha value is -2.88. The molecule has 166 valence electrons. The molecule has 2 aromatic rings. The zero-order valence-electron chi connectivity index (χ0n) is 18.0. The van der Waals surface area contributed by atoms with Crippen LogP contribution in [0.3, 0.4) is 0 Å². The van der Waals surface area contributed by atoms with Gasteiger partial charge in [0.1, 0.15) is 17.5 Å². The molecule has 10 heteroatoms. The number of aromatic nitrogens is 3. The third-order valence-electron chi connectivity index (χ3n) is 5.56. The largest absolute Gasteiger partial charge is 0.383 e. The van der Waals surface area contributed by atoms with Gasteiger partial charge in [0.25, 0.3) is 0 Å². The van der Waals surface area contributed by atoms with Gasteiger partial charge in [0, 0.05) is 62.9 Å². The normalized spacial score (nSPS) is 17.4. The van der Waals surface area contributed by atoms with Crippen molar-refractivity contribution in [1.82, 2.24) is 15.0 Å². The Morgan fingerprint density at radius 1 is 1.32 bits per heavy atom. The summed E-state index contributed by atoms with van der Waals surface area (Å²) in [5, 5.41) is 5.80. The van der Waals surface area contributed by atoms with Crippen LogP contribution in [0, 0.1) is 0 Å². The first kappa shape index (κ1) is 21.4. The molecule has 2 N–H and O–H groups in total. The molecule has 1 fully saturated rings. The summed E-state index contributed by atoms with van der Waals surface area (Å²) in [6.07, 6.45) is 3.76. The number of fused-ring (bicyclic) bond motifs is 2. The lowest BCUT2D eigenvalue weighted by molar-refractivity contribution is -0.114. The number of hydrogen-bond acceptors (Lipinski definition) is 7. The summed E-state index contributed by atoms with van der Waals surface area (Å²) in [6, 6.07) is 3.32. The first-order valence-corrected chi connectivity index (χ1v) is 10.2. The molecule has 2 aliphatic rings. The highest BCUT2D eigenvalue weighted by molar-refractivity contribution is 5.89. The van der Waals surface area contributed by atoms with Gasteiger partial charge in [0.15, 0.2) is 0 Å². The fraction of sp³-hybridized carbons (Fsp3) is 0.524. The molecule has 31 heavy (non-hydrogen) atoms. The summed E-state index contributed by atoms with van der Waals surface area (Å²) in [7, 11) is 1.58. The monoisotopic (exact) mass is 432 g/mol. The van der Waals surface area contributed by atoms with Crippen molar-refractivity contribution in [2.24, 2.45) is 0 Å². The second kappa shape index (κ2) is 7.67. The van der Waals surface area contributed by atoms with Crippen molar-refractivity contribution in [3.8, 4) is 0 Å². The lowest BCUT2D eigenvalue weighted by Gasteiger charge is -2.23. The fourth-order valence-corrected chi connectivity index (χ4v) is 3.97. The predicted octanol–water partition coefficient (Wildman–Crippen LogP) is 3.57. The highest BCUT2D eigenvalue weighted by Crippen LogP contribution is 2.58. The minimum atomic E-state index is -3.20. The van der Waals surface area contributed by atoms with E-state index in [9.17, 15) is 13.6 Å². The molecular weight excluding hydrogens is 406 g/mol. The van der Waals surface area contributed by atoms with E-state index >= 15 is 0 Å². The number of nitrogens with zero attached hydrogens (tertiary/aromatic N) is 4. The van der Waals surface area contributed by atoms with Crippen LogP contribution in [-0.2, 0) is 20.9 Å². The molecule has 1 aliphatic heterocycles. The van der Waals surface area contributed by atoms with Crippen molar-refractivity contribution in [3.63, 3.8) is 0 Å². The molecule has 1 aliphatic carbocycles. The van der Waals surface area contributed by atoms with E-state index in [4.69, 9.17) is 4.74 Å². The van der Waals surface area contributed by atoms with Crippen LogP contribution in [0.25, 0.3) is 0 Å². The number of halogens is 2. The zero-order valence-corrected chi connectivity index (χ0v) is 18.0. The second-order valence-electron chi connectivity index (χ2n) is 8.46. The van der Waals surface area contributed by atoms with Gasteiger partial charge in [0.05, 0.1) is 12.3 Å². The molecule has 1 saturated carbocycles. The summed E-state index contributed by atoms with van der Waals surface area (Å²) in [5.41, 5.74) is 1.82. The summed E-state index contributed by atoms with van der Waals surface area (Å²) >= 11 is 0. The summed E-state index contributed by atoms with van der Waals surface area (Å²) < 4.78 is 33.5. The van der Waals surface area contributed by atoms with Crippen LogP contribution in [0.15, 0.2) is 18.3 Å². The van der Waals surface area contributed by atoms with Crippen molar-refractivity contribution in [2.75, 3.05) is 35.8 Å². The molecule has 1 spiro atoms. The highest BCUT2D eigenvalue weighted by Gasteiger charge is 2.52. The second-order valence-corrected chi connectivity index (χ2v) is 8.46. The van der Waals surface area contributed by atoms with E-state index in [1.807, 2.05) is 11.8 Å². The number of carbonyl (C=O) groups excluding carboxylic acids is 1. The molecule has 0 saturated heterocycles. The molecule has 1 unspecified atom stereocenters. The van der Waals surface area contributed by atoms with E-state index in [1.54, 1.807) is 25.4 Å². The van der Waals surface area contributed by atoms with E-state index < -0.39 is 11.7 Å². The van der Waals surface area contributed by atoms with Gasteiger partial charge in [-0.1, -0.05) is 0 Å². The SMILES string of the molecule is COCC(C)Nc1cc(N2CC3(CC3)c3cnc(NC(C)=O)cc32)nc(C(C)(F)F)n1. The molecule has 2 aromatic heterocycles. The van der Waals surface area contributed by atoms with Gasteiger partial charge in [-0.05, 0) is 19.8 Å². The zero-order chi connectivity index (χ0) is 22.4. The Kier molecular flexibility index (Phi) is 5.28. The minimum Gasteiger partial charge on any atom is -0.383 e. The van der Waals surface area contributed by atoms with E-state index in [-0.39, 0.29) is 17.4 Å². The van der Waals surface area contributed by atoms with Crippen LogP contribution in [0.4, 0.5) is 31.9 Å². The van der Waals surface area contributed by atoms with Gasteiger partial charge < -0.3 is 20.3 Å². The first-order valence-electron chi connectivity index (χ1n) is 10.2. The van der Waals surface area contributed by atoms with Gasteiger partial charge in [-0.25, -0.2) is 15.0 Å². The maximum atomic E-state index is 14.2. The lowest BCUT2D eigenvalue weighted by Crippen LogP contribution is -2.25. The number of amides is 1. The molecule has 1 atom stereocenters. The number of rotatable bonds is 7. The Morgan fingerprint density at radius 3 is 2.68 bits per heavy atom. The van der Waals surface area contributed by atoms with Crippen LogP contribution in [0.2, 0.25) is 0 Å². The van der Waals surface area contributed by atoms with Crippen LogP contribution in [0.5, 0.6) is 0 Å². The topological polar surface area (TPSA) is 92.3 Å². The van der Waals surface area contributed by atoms with E-state index in [1.165, 1.54) is 6.92 Å². The molecule has 0 radical (unpaired) electrons. The molecule has 8 nitrogen and oxygen atoms in total. The van der Waals surface area contributed by atoms with E-state index in [0.29, 0.717) is 30.6 Å². The summed E-state index contributed by atoms with van der Waals surface area (Å²) in [6.45, 7) is 5.09. The number of carbonyl (C=O) groups is 1. The lowest BCUT2D eigenvalue weighted by atomic mass is 10.0. The number of nitrogens with one attached hydrogen (secondary N) is 2. The minimum absolute atomic E-state index is 0.0478. The van der Waals surface area contributed by atoms with Crippen molar-refractivity contribution >= 4 is 29.0 Å². The first-order chi connectivity index (χ1) is 14.6. The molecule has 3 heterocycles. The quantitative estimate of drug-likeness (QED) is 0.691.